The van der Waals surface area contributed by atoms with E-state index in [4.69, 9.17) is 4.74 Å². The van der Waals surface area contributed by atoms with Gasteiger partial charge in [-0.15, -0.1) is 0 Å². The second-order valence-corrected chi connectivity index (χ2v) is 4.75. The molecule has 0 aliphatic carbocycles. The minimum absolute atomic E-state index is 0.0887. The SMILES string of the molecule is CCOC[C@H]1CCN(C(=O)[C@H]2CCCN2)C1. The van der Waals surface area contributed by atoms with Crippen LogP contribution in [0.1, 0.15) is 26.2 Å². The number of nitrogens with one attached hydrogen (secondary N) is 1. The molecule has 2 atom stereocenters. The summed E-state index contributed by atoms with van der Waals surface area (Å²) in [6, 6.07) is 0.0887. The molecule has 0 radical (unpaired) electrons. The zero-order valence-electron chi connectivity index (χ0n) is 10.1. The second kappa shape index (κ2) is 5.64. The van der Waals surface area contributed by atoms with Crippen LogP contribution in [0, 0.1) is 5.92 Å². The Morgan fingerprint density at radius 3 is 3.06 bits per heavy atom. The summed E-state index contributed by atoms with van der Waals surface area (Å²) in [6.07, 6.45) is 3.23. The lowest BCUT2D eigenvalue weighted by Gasteiger charge is -2.20. The van der Waals surface area contributed by atoms with Crippen LogP contribution in [-0.2, 0) is 9.53 Å². The van der Waals surface area contributed by atoms with E-state index in [2.05, 4.69) is 5.32 Å². The van der Waals surface area contributed by atoms with Crippen molar-refractivity contribution in [2.24, 2.45) is 5.92 Å². The van der Waals surface area contributed by atoms with Crippen molar-refractivity contribution in [1.29, 1.82) is 0 Å². The highest BCUT2D eigenvalue weighted by Gasteiger charge is 2.31. The quantitative estimate of drug-likeness (QED) is 0.764. The van der Waals surface area contributed by atoms with Gasteiger partial charge in [0.25, 0.3) is 0 Å². The Hall–Kier alpha value is -0.610. The fourth-order valence-electron chi connectivity index (χ4n) is 2.57. The molecular weight excluding hydrogens is 204 g/mol. The van der Waals surface area contributed by atoms with E-state index in [9.17, 15) is 4.79 Å². The number of ether oxygens (including phenoxy) is 1. The highest BCUT2D eigenvalue weighted by molar-refractivity contribution is 5.82. The summed E-state index contributed by atoms with van der Waals surface area (Å²) in [5.41, 5.74) is 0. The van der Waals surface area contributed by atoms with Crippen LogP contribution in [0.15, 0.2) is 0 Å². The molecule has 0 unspecified atom stereocenters. The summed E-state index contributed by atoms with van der Waals surface area (Å²) in [4.78, 5) is 14.1. The van der Waals surface area contributed by atoms with Gasteiger partial charge in [-0.3, -0.25) is 4.79 Å². The van der Waals surface area contributed by atoms with Crippen LogP contribution in [0.3, 0.4) is 0 Å². The van der Waals surface area contributed by atoms with Crippen molar-refractivity contribution in [3.63, 3.8) is 0 Å². The number of hydrogen-bond donors (Lipinski definition) is 1. The Morgan fingerprint density at radius 1 is 1.50 bits per heavy atom. The molecule has 0 saturated carbocycles. The minimum atomic E-state index is 0.0887. The number of hydrogen-bond acceptors (Lipinski definition) is 3. The molecule has 0 bridgehead atoms. The summed E-state index contributed by atoms with van der Waals surface area (Å²) in [7, 11) is 0. The van der Waals surface area contributed by atoms with Gasteiger partial charge in [0.1, 0.15) is 0 Å². The first-order valence-corrected chi connectivity index (χ1v) is 6.41. The van der Waals surface area contributed by atoms with Gasteiger partial charge in [0, 0.05) is 25.6 Å². The van der Waals surface area contributed by atoms with Gasteiger partial charge in [-0.1, -0.05) is 0 Å². The number of likely N-dealkylation sites (tertiary alicyclic amines) is 1. The van der Waals surface area contributed by atoms with Crippen molar-refractivity contribution in [2.45, 2.75) is 32.2 Å². The van der Waals surface area contributed by atoms with Crippen molar-refractivity contribution >= 4 is 5.91 Å². The number of amides is 1. The maximum absolute atomic E-state index is 12.1. The first-order valence-electron chi connectivity index (χ1n) is 6.41. The largest absolute Gasteiger partial charge is 0.381 e. The summed E-state index contributed by atoms with van der Waals surface area (Å²) >= 11 is 0. The Bertz CT molecular complexity index is 239. The maximum atomic E-state index is 12.1. The molecule has 2 aliphatic rings. The zero-order chi connectivity index (χ0) is 11.4. The van der Waals surface area contributed by atoms with Crippen LogP contribution in [-0.4, -0.2) is 49.7 Å². The average molecular weight is 226 g/mol. The summed E-state index contributed by atoms with van der Waals surface area (Å²) in [5.74, 6) is 0.849. The number of nitrogens with zero attached hydrogens (tertiary/aromatic N) is 1. The van der Waals surface area contributed by atoms with Crippen LogP contribution < -0.4 is 5.32 Å². The zero-order valence-corrected chi connectivity index (χ0v) is 10.1. The van der Waals surface area contributed by atoms with Crippen LogP contribution >= 0.6 is 0 Å². The van der Waals surface area contributed by atoms with Gasteiger partial charge in [0.05, 0.1) is 12.6 Å². The molecule has 1 amide bonds. The third-order valence-corrected chi connectivity index (χ3v) is 3.51. The molecule has 2 rings (SSSR count). The average Bonchev–Trinajstić information content (AvgIpc) is 2.96. The lowest BCUT2D eigenvalue weighted by atomic mass is 10.1. The molecule has 4 heteroatoms. The normalized spacial score (nSPS) is 29.9. The third kappa shape index (κ3) is 2.74. The fraction of sp³-hybridized carbons (Fsp3) is 0.917. The summed E-state index contributed by atoms with van der Waals surface area (Å²) in [5, 5.41) is 3.27. The van der Waals surface area contributed by atoms with Crippen molar-refractivity contribution < 1.29 is 9.53 Å². The van der Waals surface area contributed by atoms with Gasteiger partial charge >= 0.3 is 0 Å². The molecule has 2 saturated heterocycles. The van der Waals surface area contributed by atoms with Gasteiger partial charge in [-0.05, 0) is 32.7 Å². The Labute approximate surface area is 97.3 Å². The van der Waals surface area contributed by atoms with E-state index in [1.54, 1.807) is 0 Å². The van der Waals surface area contributed by atoms with Crippen molar-refractivity contribution in [1.82, 2.24) is 10.2 Å². The highest BCUT2D eigenvalue weighted by atomic mass is 16.5. The maximum Gasteiger partial charge on any atom is 0.239 e. The first kappa shape index (κ1) is 11.9. The number of rotatable bonds is 4. The predicted molar refractivity (Wildman–Crippen MR) is 62.2 cm³/mol. The minimum Gasteiger partial charge on any atom is -0.381 e. The van der Waals surface area contributed by atoms with Gasteiger partial charge in [-0.25, -0.2) is 0 Å². The van der Waals surface area contributed by atoms with Gasteiger partial charge < -0.3 is 15.0 Å². The molecule has 2 aliphatic heterocycles. The molecule has 2 fully saturated rings. The Kier molecular flexibility index (Phi) is 4.18. The molecule has 2 heterocycles. The predicted octanol–water partition coefficient (Wildman–Crippen LogP) is 0.623. The highest BCUT2D eigenvalue weighted by Crippen LogP contribution is 2.19. The molecule has 0 spiro atoms. The Morgan fingerprint density at radius 2 is 2.38 bits per heavy atom. The van der Waals surface area contributed by atoms with E-state index in [1.165, 1.54) is 0 Å². The Balaban J connectivity index is 1.76. The first-order chi connectivity index (χ1) is 7.81. The molecule has 0 aromatic carbocycles. The van der Waals surface area contributed by atoms with Gasteiger partial charge in [0.2, 0.25) is 5.91 Å². The van der Waals surface area contributed by atoms with Crippen LogP contribution in [0.25, 0.3) is 0 Å². The lowest BCUT2D eigenvalue weighted by molar-refractivity contribution is -0.132. The number of carbonyl (C=O) groups is 1. The topological polar surface area (TPSA) is 41.6 Å². The van der Waals surface area contributed by atoms with E-state index in [1.807, 2.05) is 11.8 Å². The standard InChI is InChI=1S/C12H22N2O2/c1-2-16-9-10-5-7-14(8-10)12(15)11-4-3-6-13-11/h10-11,13H,2-9H2,1H3/t10-,11+/m0/s1. The van der Waals surface area contributed by atoms with Crippen molar-refractivity contribution in [3.8, 4) is 0 Å². The van der Waals surface area contributed by atoms with Crippen molar-refractivity contribution in [2.75, 3.05) is 32.8 Å². The molecule has 1 N–H and O–H groups in total. The van der Waals surface area contributed by atoms with Gasteiger partial charge in [0.15, 0.2) is 0 Å². The lowest BCUT2D eigenvalue weighted by Crippen LogP contribution is -2.42. The molecular formula is C12H22N2O2. The van der Waals surface area contributed by atoms with E-state index < -0.39 is 0 Å². The molecule has 4 nitrogen and oxygen atoms in total. The van der Waals surface area contributed by atoms with Gasteiger partial charge in [-0.2, -0.15) is 0 Å². The monoisotopic (exact) mass is 226 g/mol. The van der Waals surface area contributed by atoms with Crippen LogP contribution in [0.5, 0.6) is 0 Å². The molecule has 0 aromatic rings. The van der Waals surface area contributed by atoms with E-state index in [0.717, 1.165) is 52.1 Å². The summed E-state index contributed by atoms with van der Waals surface area (Å²) in [6.45, 7) is 6.38. The second-order valence-electron chi connectivity index (χ2n) is 4.75. The van der Waals surface area contributed by atoms with E-state index in [0.29, 0.717) is 11.8 Å². The van der Waals surface area contributed by atoms with Crippen LogP contribution in [0.2, 0.25) is 0 Å². The molecule has 92 valence electrons. The van der Waals surface area contributed by atoms with Crippen LogP contribution in [0.4, 0.5) is 0 Å². The molecule has 0 aromatic heterocycles. The summed E-state index contributed by atoms with van der Waals surface area (Å²) < 4.78 is 5.42. The van der Waals surface area contributed by atoms with E-state index >= 15 is 0 Å². The molecule has 16 heavy (non-hydrogen) atoms. The van der Waals surface area contributed by atoms with Crippen molar-refractivity contribution in [3.05, 3.63) is 0 Å². The third-order valence-electron chi connectivity index (χ3n) is 3.51. The fourth-order valence-corrected chi connectivity index (χ4v) is 2.57. The number of carbonyl (C=O) groups excluding carboxylic acids is 1. The van der Waals surface area contributed by atoms with E-state index in [-0.39, 0.29) is 6.04 Å². The smallest absolute Gasteiger partial charge is 0.239 e.